The fourth-order valence-corrected chi connectivity index (χ4v) is 2.47. The third kappa shape index (κ3) is 4.85. The number of hydrogen-bond donors (Lipinski definition) is 2. The van der Waals surface area contributed by atoms with Crippen LogP contribution in [-0.2, 0) is 11.3 Å². The Kier molecular flexibility index (Phi) is 6.06. The van der Waals surface area contributed by atoms with E-state index >= 15 is 0 Å². The summed E-state index contributed by atoms with van der Waals surface area (Å²) in [5, 5.41) is 13.9. The summed E-state index contributed by atoms with van der Waals surface area (Å²) in [6.07, 6.45) is 4.58. The summed E-state index contributed by atoms with van der Waals surface area (Å²) in [6, 6.07) is 9.25. The Labute approximate surface area is 156 Å². The molecule has 1 atom stereocenters. The molecule has 0 aliphatic heterocycles. The third-order valence-electron chi connectivity index (χ3n) is 3.86. The van der Waals surface area contributed by atoms with Gasteiger partial charge >= 0.3 is 0 Å². The predicted octanol–water partition coefficient (Wildman–Crippen LogP) is 1.95. The Morgan fingerprint density at radius 2 is 1.96 bits per heavy atom. The zero-order chi connectivity index (χ0) is 19.1. The molecule has 1 amide bonds. The maximum atomic E-state index is 12.5. The third-order valence-corrected chi connectivity index (χ3v) is 3.86. The molecule has 0 aliphatic carbocycles. The van der Waals surface area contributed by atoms with Crippen LogP contribution in [0.4, 0.5) is 11.6 Å². The zero-order valence-corrected chi connectivity index (χ0v) is 15.2. The van der Waals surface area contributed by atoms with E-state index in [4.69, 9.17) is 4.74 Å². The van der Waals surface area contributed by atoms with Gasteiger partial charge in [0.15, 0.2) is 5.82 Å². The van der Waals surface area contributed by atoms with Crippen LogP contribution in [0.3, 0.4) is 0 Å². The largest absolute Gasteiger partial charge is 0.383 e. The summed E-state index contributed by atoms with van der Waals surface area (Å²) < 4.78 is 6.91. The average molecular weight is 367 g/mol. The topological polar surface area (TPSA) is 107 Å². The van der Waals surface area contributed by atoms with Gasteiger partial charge in [-0.1, -0.05) is 18.2 Å². The first-order valence-electron chi connectivity index (χ1n) is 8.49. The number of nitrogens with zero attached hydrogens (tertiary/aromatic N) is 5. The molecule has 0 radical (unpaired) electrons. The lowest BCUT2D eigenvalue weighted by Crippen LogP contribution is -2.29. The van der Waals surface area contributed by atoms with Gasteiger partial charge in [0.25, 0.3) is 5.91 Å². The van der Waals surface area contributed by atoms with E-state index < -0.39 is 0 Å². The molecule has 0 bridgehead atoms. The second-order valence-corrected chi connectivity index (χ2v) is 5.86. The van der Waals surface area contributed by atoms with Crippen molar-refractivity contribution in [3.8, 4) is 0 Å². The molecular formula is C18H21N7O2. The second-order valence-electron chi connectivity index (χ2n) is 5.86. The maximum absolute atomic E-state index is 12.5. The fraction of sp³-hybridized carbons (Fsp3) is 0.278. The standard InChI is InChI=1S/C18H21N7O2/c1-13(16-24-21-12-25(16)8-9-27-2)22-17(26)14-10-19-18(20-11-14)23-15-6-4-3-5-7-15/h3-7,10-13H,8-9H2,1-2H3,(H,22,26)(H,19,20,23). The van der Waals surface area contributed by atoms with Gasteiger partial charge in [0.1, 0.15) is 6.33 Å². The van der Waals surface area contributed by atoms with E-state index in [1.807, 2.05) is 41.8 Å². The first-order chi connectivity index (χ1) is 13.2. The van der Waals surface area contributed by atoms with Crippen LogP contribution >= 0.6 is 0 Å². The van der Waals surface area contributed by atoms with Gasteiger partial charge < -0.3 is 19.9 Å². The van der Waals surface area contributed by atoms with E-state index in [1.54, 1.807) is 13.4 Å². The molecule has 9 nitrogen and oxygen atoms in total. The Hall–Kier alpha value is -3.33. The van der Waals surface area contributed by atoms with Gasteiger partial charge in [-0.2, -0.15) is 0 Å². The minimum absolute atomic E-state index is 0.282. The van der Waals surface area contributed by atoms with Crippen molar-refractivity contribution in [1.29, 1.82) is 0 Å². The molecule has 3 rings (SSSR count). The van der Waals surface area contributed by atoms with Crippen molar-refractivity contribution in [2.45, 2.75) is 19.5 Å². The van der Waals surface area contributed by atoms with Crippen molar-refractivity contribution in [2.24, 2.45) is 0 Å². The van der Waals surface area contributed by atoms with Crippen molar-refractivity contribution in [3.05, 3.63) is 60.4 Å². The van der Waals surface area contributed by atoms with Crippen LogP contribution < -0.4 is 10.6 Å². The molecule has 3 aromatic rings. The van der Waals surface area contributed by atoms with Crippen LogP contribution in [0.25, 0.3) is 0 Å². The number of benzene rings is 1. The molecule has 2 N–H and O–H groups in total. The number of hydrogen-bond acceptors (Lipinski definition) is 7. The molecule has 27 heavy (non-hydrogen) atoms. The first kappa shape index (κ1) is 18.5. The van der Waals surface area contributed by atoms with Gasteiger partial charge in [-0.3, -0.25) is 4.79 Å². The molecule has 0 fully saturated rings. The summed E-state index contributed by atoms with van der Waals surface area (Å²) in [6.45, 7) is 2.99. The van der Waals surface area contributed by atoms with E-state index in [1.165, 1.54) is 12.4 Å². The van der Waals surface area contributed by atoms with Crippen molar-refractivity contribution >= 4 is 17.5 Å². The van der Waals surface area contributed by atoms with Gasteiger partial charge in [0.2, 0.25) is 5.95 Å². The average Bonchev–Trinajstić information content (AvgIpc) is 3.16. The van der Waals surface area contributed by atoms with Crippen molar-refractivity contribution in [1.82, 2.24) is 30.0 Å². The molecule has 2 heterocycles. The number of nitrogens with one attached hydrogen (secondary N) is 2. The van der Waals surface area contributed by atoms with Crippen LogP contribution in [0.2, 0.25) is 0 Å². The molecular weight excluding hydrogens is 346 g/mol. The Balaban J connectivity index is 1.61. The number of ether oxygens (including phenoxy) is 1. The van der Waals surface area contributed by atoms with Crippen LogP contribution in [0.1, 0.15) is 29.1 Å². The summed E-state index contributed by atoms with van der Waals surface area (Å²) in [5.41, 5.74) is 1.24. The van der Waals surface area contributed by atoms with E-state index in [9.17, 15) is 4.79 Å². The summed E-state index contributed by atoms with van der Waals surface area (Å²) in [7, 11) is 1.63. The number of para-hydroxylation sites is 1. The van der Waals surface area contributed by atoms with E-state index in [2.05, 4.69) is 30.8 Å². The molecule has 0 spiro atoms. The fourth-order valence-electron chi connectivity index (χ4n) is 2.47. The lowest BCUT2D eigenvalue weighted by Gasteiger charge is -2.14. The van der Waals surface area contributed by atoms with Crippen molar-refractivity contribution < 1.29 is 9.53 Å². The van der Waals surface area contributed by atoms with Crippen LogP contribution in [0.5, 0.6) is 0 Å². The Morgan fingerprint density at radius 1 is 1.22 bits per heavy atom. The van der Waals surface area contributed by atoms with Crippen LogP contribution in [-0.4, -0.2) is 44.4 Å². The highest BCUT2D eigenvalue weighted by Gasteiger charge is 2.17. The highest BCUT2D eigenvalue weighted by molar-refractivity contribution is 5.93. The number of amides is 1. The van der Waals surface area contributed by atoms with Gasteiger partial charge in [-0.05, 0) is 19.1 Å². The molecule has 0 aliphatic rings. The number of anilines is 2. The minimum atomic E-state index is -0.320. The predicted molar refractivity (Wildman–Crippen MR) is 99.5 cm³/mol. The van der Waals surface area contributed by atoms with Gasteiger partial charge in [-0.25, -0.2) is 9.97 Å². The quantitative estimate of drug-likeness (QED) is 0.626. The molecule has 9 heteroatoms. The lowest BCUT2D eigenvalue weighted by atomic mass is 10.2. The van der Waals surface area contributed by atoms with Gasteiger partial charge in [-0.15, -0.1) is 10.2 Å². The highest BCUT2D eigenvalue weighted by Crippen LogP contribution is 2.13. The zero-order valence-electron chi connectivity index (χ0n) is 15.2. The molecule has 0 saturated heterocycles. The van der Waals surface area contributed by atoms with Gasteiger partial charge in [0.05, 0.1) is 18.2 Å². The van der Waals surface area contributed by atoms with Crippen molar-refractivity contribution in [2.75, 3.05) is 19.0 Å². The smallest absolute Gasteiger partial charge is 0.255 e. The maximum Gasteiger partial charge on any atom is 0.255 e. The molecule has 140 valence electrons. The first-order valence-corrected chi connectivity index (χ1v) is 8.49. The Bertz CT molecular complexity index is 865. The number of aromatic nitrogens is 5. The van der Waals surface area contributed by atoms with E-state index in [0.29, 0.717) is 30.5 Å². The van der Waals surface area contributed by atoms with Crippen LogP contribution in [0.15, 0.2) is 49.1 Å². The molecule has 2 aromatic heterocycles. The monoisotopic (exact) mass is 367 g/mol. The molecule has 0 saturated carbocycles. The highest BCUT2D eigenvalue weighted by atomic mass is 16.5. The number of carbonyl (C=O) groups excluding carboxylic acids is 1. The number of rotatable bonds is 8. The summed E-state index contributed by atoms with van der Waals surface area (Å²) in [4.78, 5) is 20.8. The Morgan fingerprint density at radius 3 is 2.67 bits per heavy atom. The van der Waals surface area contributed by atoms with E-state index in [-0.39, 0.29) is 11.9 Å². The number of methoxy groups -OCH3 is 1. The van der Waals surface area contributed by atoms with Gasteiger partial charge in [0, 0.05) is 31.7 Å². The lowest BCUT2D eigenvalue weighted by molar-refractivity contribution is 0.0936. The van der Waals surface area contributed by atoms with Crippen LogP contribution in [0, 0.1) is 0 Å². The SMILES string of the molecule is COCCn1cnnc1C(C)NC(=O)c1cnc(Nc2ccccc2)nc1. The van der Waals surface area contributed by atoms with Crippen molar-refractivity contribution in [3.63, 3.8) is 0 Å². The summed E-state index contributed by atoms with van der Waals surface area (Å²) >= 11 is 0. The minimum Gasteiger partial charge on any atom is -0.383 e. The van der Waals surface area contributed by atoms with E-state index in [0.717, 1.165) is 5.69 Å². The summed E-state index contributed by atoms with van der Waals surface area (Å²) in [5.74, 6) is 0.795. The molecule has 1 unspecified atom stereocenters. The normalized spacial score (nSPS) is 11.8. The second kappa shape index (κ2) is 8.86. The molecule has 1 aromatic carbocycles. The number of carbonyl (C=O) groups is 1.